The molecule has 0 bridgehead atoms. The fraction of sp³-hybridized carbons (Fsp3) is 0.391. The van der Waals surface area contributed by atoms with Crippen LogP contribution in [-0.4, -0.2) is 51.3 Å². The number of anilines is 4. The van der Waals surface area contributed by atoms with Crippen molar-refractivity contribution in [2.45, 2.75) is 31.8 Å². The first-order valence-electron chi connectivity index (χ1n) is 10.2. The van der Waals surface area contributed by atoms with Crippen LogP contribution in [0, 0.1) is 0 Å². The number of fused-ring (bicyclic) bond motifs is 1. The van der Waals surface area contributed by atoms with Gasteiger partial charge in [-0.2, -0.15) is 0 Å². The van der Waals surface area contributed by atoms with Gasteiger partial charge in [0.2, 0.25) is 5.91 Å². The molecule has 2 aromatic rings. The normalized spacial score (nSPS) is 19.4. The molecule has 7 nitrogen and oxygen atoms in total. The molecule has 7 heteroatoms. The average molecular weight is 409 g/mol. The van der Waals surface area contributed by atoms with Crippen molar-refractivity contribution in [2.75, 3.05) is 42.5 Å². The van der Waals surface area contributed by atoms with E-state index in [1.807, 2.05) is 38.2 Å². The molecule has 2 aliphatic heterocycles. The summed E-state index contributed by atoms with van der Waals surface area (Å²) in [5, 5.41) is 3.38. The molecule has 2 heterocycles. The molecule has 0 saturated carbocycles. The Morgan fingerprint density at radius 1 is 1.10 bits per heavy atom. The Hall–Kier alpha value is -3.06. The standard InChI is InChI=1S/C23H27N3O4/c1-15-22(27)25(2)20-8-7-18(14-21(20)26(15)19-9-11-30-12-10-19)24-17-6-4-5-16(13-17)23(28)29-3/h4-8,13-15,19,24H,9-12H2,1-3H3/t15-/m1/s1. The lowest BCUT2D eigenvalue weighted by Gasteiger charge is -2.45. The van der Waals surface area contributed by atoms with E-state index in [0.717, 1.165) is 35.6 Å². The van der Waals surface area contributed by atoms with Gasteiger partial charge in [-0.05, 0) is 56.2 Å². The van der Waals surface area contributed by atoms with Gasteiger partial charge in [-0.3, -0.25) is 4.79 Å². The fourth-order valence-corrected chi connectivity index (χ4v) is 4.30. The van der Waals surface area contributed by atoms with Crippen LogP contribution in [0.1, 0.15) is 30.1 Å². The Morgan fingerprint density at radius 2 is 1.83 bits per heavy atom. The van der Waals surface area contributed by atoms with Gasteiger partial charge in [0, 0.05) is 37.7 Å². The Labute approximate surface area is 176 Å². The maximum Gasteiger partial charge on any atom is 0.337 e. The molecular formula is C23H27N3O4. The van der Waals surface area contributed by atoms with Crippen molar-refractivity contribution in [3.63, 3.8) is 0 Å². The van der Waals surface area contributed by atoms with Crippen molar-refractivity contribution in [3.8, 4) is 0 Å². The van der Waals surface area contributed by atoms with Gasteiger partial charge in [0.05, 0.1) is 24.0 Å². The van der Waals surface area contributed by atoms with E-state index in [-0.39, 0.29) is 24.0 Å². The number of nitrogens with one attached hydrogen (secondary N) is 1. The molecule has 2 aromatic carbocycles. The molecule has 1 N–H and O–H groups in total. The van der Waals surface area contributed by atoms with E-state index in [4.69, 9.17) is 9.47 Å². The van der Waals surface area contributed by atoms with Gasteiger partial charge in [-0.25, -0.2) is 4.79 Å². The number of methoxy groups -OCH3 is 1. The number of benzene rings is 2. The van der Waals surface area contributed by atoms with Crippen molar-refractivity contribution in [2.24, 2.45) is 0 Å². The number of carbonyl (C=O) groups excluding carboxylic acids is 2. The Kier molecular flexibility index (Phi) is 5.63. The number of nitrogens with zero attached hydrogens (tertiary/aromatic N) is 2. The molecule has 1 saturated heterocycles. The van der Waals surface area contributed by atoms with Crippen LogP contribution >= 0.6 is 0 Å². The maximum atomic E-state index is 12.8. The third kappa shape index (κ3) is 3.73. The maximum absolute atomic E-state index is 12.8. The topological polar surface area (TPSA) is 71.1 Å². The first-order valence-corrected chi connectivity index (χ1v) is 10.2. The molecule has 1 amide bonds. The summed E-state index contributed by atoms with van der Waals surface area (Å²) in [7, 11) is 3.20. The lowest BCUT2D eigenvalue weighted by Crippen LogP contribution is -2.55. The zero-order valence-electron chi connectivity index (χ0n) is 17.6. The number of carbonyl (C=O) groups is 2. The van der Waals surface area contributed by atoms with Gasteiger partial charge < -0.3 is 24.6 Å². The second-order valence-corrected chi connectivity index (χ2v) is 7.72. The van der Waals surface area contributed by atoms with Crippen molar-refractivity contribution in [3.05, 3.63) is 48.0 Å². The van der Waals surface area contributed by atoms with E-state index in [2.05, 4.69) is 16.3 Å². The monoisotopic (exact) mass is 409 g/mol. The minimum atomic E-state index is -0.372. The van der Waals surface area contributed by atoms with Crippen molar-refractivity contribution < 1.29 is 19.1 Å². The van der Waals surface area contributed by atoms with E-state index in [9.17, 15) is 9.59 Å². The first kappa shape index (κ1) is 20.2. The molecule has 2 aliphatic rings. The number of rotatable bonds is 4. The SMILES string of the molecule is COC(=O)c1cccc(Nc2ccc3c(c2)N(C2CCOCC2)[C@H](C)C(=O)N3C)c1. The molecule has 30 heavy (non-hydrogen) atoms. The van der Waals surface area contributed by atoms with Crippen LogP contribution in [0.5, 0.6) is 0 Å². The third-order valence-electron chi connectivity index (χ3n) is 5.88. The third-order valence-corrected chi connectivity index (χ3v) is 5.88. The summed E-state index contributed by atoms with van der Waals surface area (Å²) < 4.78 is 10.3. The van der Waals surface area contributed by atoms with Crippen LogP contribution in [0.15, 0.2) is 42.5 Å². The number of likely N-dealkylation sites (N-methyl/N-ethyl adjacent to an activating group) is 1. The quantitative estimate of drug-likeness (QED) is 0.779. The molecule has 1 fully saturated rings. The molecular weight excluding hydrogens is 382 g/mol. The predicted molar refractivity (Wildman–Crippen MR) is 117 cm³/mol. The van der Waals surface area contributed by atoms with Crippen LogP contribution in [0.2, 0.25) is 0 Å². The Balaban J connectivity index is 1.67. The van der Waals surface area contributed by atoms with Crippen LogP contribution < -0.4 is 15.1 Å². The summed E-state index contributed by atoms with van der Waals surface area (Å²) in [6.45, 7) is 3.40. The first-order chi connectivity index (χ1) is 14.5. The second-order valence-electron chi connectivity index (χ2n) is 7.72. The molecule has 1 atom stereocenters. The van der Waals surface area contributed by atoms with Crippen LogP contribution in [-0.2, 0) is 14.3 Å². The molecule has 0 radical (unpaired) electrons. The summed E-state index contributed by atoms with van der Waals surface area (Å²) in [5.74, 6) is -0.274. The fourth-order valence-electron chi connectivity index (χ4n) is 4.30. The number of hydrogen-bond donors (Lipinski definition) is 1. The van der Waals surface area contributed by atoms with Crippen LogP contribution in [0.25, 0.3) is 0 Å². The number of esters is 1. The summed E-state index contributed by atoms with van der Waals surface area (Å²) in [6, 6.07) is 13.2. The zero-order chi connectivity index (χ0) is 21.3. The van der Waals surface area contributed by atoms with Gasteiger partial charge >= 0.3 is 5.97 Å². The zero-order valence-corrected chi connectivity index (χ0v) is 17.6. The minimum absolute atomic E-state index is 0.0977. The Bertz CT molecular complexity index is 955. The minimum Gasteiger partial charge on any atom is -0.465 e. The lowest BCUT2D eigenvalue weighted by molar-refractivity contribution is -0.119. The van der Waals surface area contributed by atoms with Crippen molar-refractivity contribution in [1.29, 1.82) is 0 Å². The molecule has 0 aromatic heterocycles. The lowest BCUT2D eigenvalue weighted by atomic mass is 9.99. The summed E-state index contributed by atoms with van der Waals surface area (Å²) >= 11 is 0. The molecule has 0 spiro atoms. The van der Waals surface area contributed by atoms with Crippen LogP contribution in [0.3, 0.4) is 0 Å². The van der Waals surface area contributed by atoms with Crippen molar-refractivity contribution >= 4 is 34.6 Å². The van der Waals surface area contributed by atoms with Crippen LogP contribution in [0.4, 0.5) is 22.7 Å². The van der Waals surface area contributed by atoms with E-state index in [1.165, 1.54) is 7.11 Å². The van der Waals surface area contributed by atoms with E-state index < -0.39 is 0 Å². The van der Waals surface area contributed by atoms with E-state index in [0.29, 0.717) is 18.8 Å². The highest BCUT2D eigenvalue weighted by atomic mass is 16.5. The summed E-state index contributed by atoms with van der Waals surface area (Å²) in [4.78, 5) is 28.6. The van der Waals surface area contributed by atoms with Crippen molar-refractivity contribution in [1.82, 2.24) is 0 Å². The Morgan fingerprint density at radius 3 is 2.57 bits per heavy atom. The number of hydrogen-bond acceptors (Lipinski definition) is 6. The highest BCUT2D eigenvalue weighted by molar-refractivity contribution is 6.05. The molecule has 0 aliphatic carbocycles. The molecule has 158 valence electrons. The van der Waals surface area contributed by atoms with Gasteiger partial charge in [0.25, 0.3) is 0 Å². The number of ether oxygens (including phenoxy) is 2. The highest BCUT2D eigenvalue weighted by Gasteiger charge is 2.37. The summed E-state index contributed by atoms with van der Waals surface area (Å²) in [5.41, 5.74) is 4.11. The highest BCUT2D eigenvalue weighted by Crippen LogP contribution is 2.40. The predicted octanol–water partition coefficient (Wildman–Crippen LogP) is 3.57. The molecule has 0 unspecified atom stereocenters. The van der Waals surface area contributed by atoms with E-state index >= 15 is 0 Å². The summed E-state index contributed by atoms with van der Waals surface area (Å²) in [6.07, 6.45) is 1.80. The largest absolute Gasteiger partial charge is 0.465 e. The molecule has 4 rings (SSSR count). The van der Waals surface area contributed by atoms with Gasteiger partial charge in [0.1, 0.15) is 6.04 Å². The van der Waals surface area contributed by atoms with Gasteiger partial charge in [-0.15, -0.1) is 0 Å². The smallest absolute Gasteiger partial charge is 0.337 e. The van der Waals surface area contributed by atoms with E-state index in [1.54, 1.807) is 17.0 Å². The second kappa shape index (κ2) is 8.36. The van der Waals surface area contributed by atoms with Gasteiger partial charge in [0.15, 0.2) is 0 Å². The average Bonchev–Trinajstić information content (AvgIpc) is 2.78. The van der Waals surface area contributed by atoms with Gasteiger partial charge in [-0.1, -0.05) is 6.07 Å². The number of amides is 1.